The van der Waals surface area contributed by atoms with Crippen LogP contribution in [0.4, 0.5) is 5.69 Å². The monoisotopic (exact) mass is 266 g/mol. The molecule has 0 aromatic heterocycles. The maximum atomic E-state index is 11.3. The quantitative estimate of drug-likeness (QED) is 0.875. The van der Waals surface area contributed by atoms with Gasteiger partial charge in [-0.2, -0.15) is 0 Å². The Bertz CT molecular complexity index is 690. The lowest BCUT2D eigenvalue weighted by atomic mass is 9.96. The van der Waals surface area contributed by atoms with Crippen molar-refractivity contribution < 1.29 is 9.59 Å². The number of fused-ring (bicyclic) bond motifs is 1. The molecule has 0 saturated heterocycles. The minimum absolute atomic E-state index is 0.0658. The molecule has 0 fully saturated rings. The van der Waals surface area contributed by atoms with Gasteiger partial charge < -0.3 is 11.1 Å². The fraction of sp³-hybridized carbons (Fsp3) is 0.125. The molecular formula is C16H14N2O2. The Kier molecular flexibility index (Phi) is 2.99. The van der Waals surface area contributed by atoms with Crippen molar-refractivity contribution in [1.29, 1.82) is 0 Å². The molecule has 20 heavy (non-hydrogen) atoms. The zero-order valence-electron chi connectivity index (χ0n) is 10.8. The third kappa shape index (κ3) is 2.28. The molecule has 0 atom stereocenters. The number of carbonyl (C=O) groups excluding carboxylic acids is 2. The van der Waals surface area contributed by atoms with E-state index in [1.54, 1.807) is 12.1 Å². The Morgan fingerprint density at radius 3 is 2.40 bits per heavy atom. The first-order valence-electron chi connectivity index (χ1n) is 6.46. The first-order valence-corrected chi connectivity index (χ1v) is 6.46. The van der Waals surface area contributed by atoms with Crippen LogP contribution >= 0.6 is 0 Å². The highest BCUT2D eigenvalue weighted by Crippen LogP contribution is 2.28. The van der Waals surface area contributed by atoms with Crippen LogP contribution in [0.2, 0.25) is 0 Å². The van der Waals surface area contributed by atoms with Gasteiger partial charge in [0.05, 0.1) is 0 Å². The second kappa shape index (κ2) is 4.81. The van der Waals surface area contributed by atoms with E-state index in [0.717, 1.165) is 28.8 Å². The van der Waals surface area contributed by atoms with Gasteiger partial charge in [-0.05, 0) is 47.4 Å². The summed E-state index contributed by atoms with van der Waals surface area (Å²) in [4.78, 5) is 22.4. The van der Waals surface area contributed by atoms with Crippen LogP contribution in [-0.4, -0.2) is 11.8 Å². The lowest BCUT2D eigenvalue weighted by molar-refractivity contribution is -0.116. The number of hydrogen-bond acceptors (Lipinski definition) is 2. The van der Waals surface area contributed by atoms with Crippen molar-refractivity contribution in [3.63, 3.8) is 0 Å². The van der Waals surface area contributed by atoms with Crippen molar-refractivity contribution in [2.24, 2.45) is 5.73 Å². The van der Waals surface area contributed by atoms with Crippen LogP contribution in [0.15, 0.2) is 42.5 Å². The molecule has 2 aromatic rings. The summed E-state index contributed by atoms with van der Waals surface area (Å²) >= 11 is 0. The van der Waals surface area contributed by atoms with Crippen molar-refractivity contribution in [2.75, 3.05) is 5.32 Å². The molecule has 1 heterocycles. The molecule has 3 N–H and O–H groups in total. The van der Waals surface area contributed by atoms with Crippen molar-refractivity contribution >= 4 is 17.5 Å². The number of carbonyl (C=O) groups is 2. The lowest BCUT2D eigenvalue weighted by Gasteiger charge is -2.17. The molecule has 0 unspecified atom stereocenters. The summed E-state index contributed by atoms with van der Waals surface area (Å²) in [7, 11) is 0. The van der Waals surface area contributed by atoms with Gasteiger partial charge in [0.15, 0.2) is 0 Å². The molecule has 0 bridgehead atoms. The normalized spacial score (nSPS) is 13.5. The molecular weight excluding hydrogens is 252 g/mol. The van der Waals surface area contributed by atoms with Gasteiger partial charge >= 0.3 is 0 Å². The van der Waals surface area contributed by atoms with Gasteiger partial charge in [-0.15, -0.1) is 0 Å². The number of primary amides is 1. The van der Waals surface area contributed by atoms with Crippen LogP contribution in [0, 0.1) is 0 Å². The number of anilines is 1. The second-order valence-corrected chi connectivity index (χ2v) is 4.86. The van der Waals surface area contributed by atoms with Crippen molar-refractivity contribution in [2.45, 2.75) is 12.8 Å². The summed E-state index contributed by atoms with van der Waals surface area (Å²) in [6, 6.07) is 13.2. The predicted octanol–water partition coefficient (Wildman–Crippen LogP) is 2.34. The molecule has 2 amide bonds. The minimum atomic E-state index is -0.426. The number of nitrogens with two attached hydrogens (primary N) is 1. The van der Waals surface area contributed by atoms with E-state index in [9.17, 15) is 9.59 Å². The number of hydrogen-bond donors (Lipinski definition) is 2. The van der Waals surface area contributed by atoms with E-state index in [1.807, 2.05) is 24.3 Å². The lowest BCUT2D eigenvalue weighted by Crippen LogP contribution is -2.18. The molecule has 4 heteroatoms. The number of aryl methyl sites for hydroxylation is 1. The summed E-state index contributed by atoms with van der Waals surface area (Å²) in [6.45, 7) is 0. The van der Waals surface area contributed by atoms with E-state index in [0.29, 0.717) is 12.0 Å². The van der Waals surface area contributed by atoms with E-state index in [4.69, 9.17) is 5.73 Å². The van der Waals surface area contributed by atoms with Gasteiger partial charge in [0.1, 0.15) is 0 Å². The maximum absolute atomic E-state index is 11.3. The molecule has 0 radical (unpaired) electrons. The highest BCUT2D eigenvalue weighted by Gasteiger charge is 2.15. The van der Waals surface area contributed by atoms with Crippen LogP contribution in [0.3, 0.4) is 0 Å². The third-order valence-corrected chi connectivity index (χ3v) is 3.50. The first kappa shape index (κ1) is 12.4. The highest BCUT2D eigenvalue weighted by molar-refractivity contribution is 5.95. The van der Waals surface area contributed by atoms with Crippen LogP contribution < -0.4 is 11.1 Å². The average Bonchev–Trinajstić information content (AvgIpc) is 2.47. The van der Waals surface area contributed by atoms with Gasteiger partial charge in [-0.25, -0.2) is 0 Å². The second-order valence-electron chi connectivity index (χ2n) is 4.86. The zero-order chi connectivity index (χ0) is 14.1. The first-order chi connectivity index (χ1) is 9.63. The van der Waals surface area contributed by atoms with E-state index in [2.05, 4.69) is 11.4 Å². The SMILES string of the molecule is NC(=O)c1ccc(-c2ccc3c(c2)CCC(=O)N3)cc1. The average molecular weight is 266 g/mol. The smallest absolute Gasteiger partial charge is 0.248 e. The van der Waals surface area contributed by atoms with Crippen molar-refractivity contribution in [1.82, 2.24) is 0 Å². The highest BCUT2D eigenvalue weighted by atomic mass is 16.2. The summed E-state index contributed by atoms with van der Waals surface area (Å²) < 4.78 is 0. The molecule has 0 saturated carbocycles. The van der Waals surface area contributed by atoms with E-state index >= 15 is 0 Å². The van der Waals surface area contributed by atoms with Crippen LogP contribution in [0.1, 0.15) is 22.3 Å². The Morgan fingerprint density at radius 1 is 1.00 bits per heavy atom. The largest absolute Gasteiger partial charge is 0.366 e. The van der Waals surface area contributed by atoms with Crippen LogP contribution in [0.25, 0.3) is 11.1 Å². The van der Waals surface area contributed by atoms with Gasteiger partial charge in [-0.1, -0.05) is 18.2 Å². The number of benzene rings is 2. The van der Waals surface area contributed by atoms with E-state index in [-0.39, 0.29) is 5.91 Å². The summed E-state index contributed by atoms with van der Waals surface area (Å²) in [5.74, 6) is -0.360. The topological polar surface area (TPSA) is 72.2 Å². The molecule has 3 rings (SSSR count). The molecule has 0 spiro atoms. The van der Waals surface area contributed by atoms with Crippen LogP contribution in [0.5, 0.6) is 0 Å². The Balaban J connectivity index is 1.94. The Labute approximate surface area is 116 Å². The van der Waals surface area contributed by atoms with Crippen LogP contribution in [-0.2, 0) is 11.2 Å². The standard InChI is InChI=1S/C16H14N2O2/c17-16(20)11-3-1-10(2-4-11)12-5-7-14-13(9-12)6-8-15(19)18-14/h1-5,7,9H,6,8H2,(H2,17,20)(H,18,19). The molecule has 100 valence electrons. The van der Waals surface area contributed by atoms with E-state index in [1.165, 1.54) is 0 Å². The van der Waals surface area contributed by atoms with Crippen molar-refractivity contribution in [3.8, 4) is 11.1 Å². The maximum Gasteiger partial charge on any atom is 0.248 e. The number of amides is 2. The van der Waals surface area contributed by atoms with Gasteiger partial charge in [-0.3, -0.25) is 9.59 Å². The third-order valence-electron chi connectivity index (χ3n) is 3.50. The van der Waals surface area contributed by atoms with E-state index < -0.39 is 5.91 Å². The number of rotatable bonds is 2. The van der Waals surface area contributed by atoms with Gasteiger partial charge in [0, 0.05) is 17.7 Å². The predicted molar refractivity (Wildman–Crippen MR) is 77.3 cm³/mol. The van der Waals surface area contributed by atoms with Gasteiger partial charge in [0.25, 0.3) is 0 Å². The summed E-state index contributed by atoms with van der Waals surface area (Å²) in [5.41, 5.74) is 9.84. The number of nitrogens with one attached hydrogen (secondary N) is 1. The fourth-order valence-electron chi connectivity index (χ4n) is 2.39. The molecule has 1 aliphatic rings. The molecule has 0 aliphatic carbocycles. The Hall–Kier alpha value is -2.62. The summed E-state index contributed by atoms with van der Waals surface area (Å²) in [6.07, 6.45) is 1.28. The zero-order valence-corrected chi connectivity index (χ0v) is 10.8. The molecule has 4 nitrogen and oxygen atoms in total. The fourth-order valence-corrected chi connectivity index (χ4v) is 2.39. The molecule has 1 aliphatic heterocycles. The van der Waals surface area contributed by atoms with Crippen molar-refractivity contribution in [3.05, 3.63) is 53.6 Å². The minimum Gasteiger partial charge on any atom is -0.366 e. The summed E-state index contributed by atoms with van der Waals surface area (Å²) in [5, 5.41) is 2.86. The molecule has 2 aromatic carbocycles. The van der Waals surface area contributed by atoms with Gasteiger partial charge in [0.2, 0.25) is 11.8 Å². The Morgan fingerprint density at radius 2 is 1.70 bits per heavy atom.